The third-order valence-corrected chi connectivity index (χ3v) is 6.72. The first kappa shape index (κ1) is 22.1. The van der Waals surface area contributed by atoms with Crippen LogP contribution in [0.2, 0.25) is 0 Å². The molecule has 0 radical (unpaired) electrons. The lowest BCUT2D eigenvalue weighted by Crippen LogP contribution is -2.51. The van der Waals surface area contributed by atoms with Crippen LogP contribution >= 0.6 is 0 Å². The van der Waals surface area contributed by atoms with Crippen molar-refractivity contribution in [3.8, 4) is 0 Å². The molecule has 1 aromatic rings. The number of amides is 2. The van der Waals surface area contributed by atoms with Crippen LogP contribution in [-0.2, 0) is 14.8 Å². The third-order valence-electron chi connectivity index (χ3n) is 5.99. The molecule has 1 N–H and O–H groups in total. The first-order valence-electron chi connectivity index (χ1n) is 10.4. The molecule has 2 fully saturated rings. The number of urea groups is 1. The average Bonchev–Trinajstić information content (AvgIpc) is 3.07. The molecule has 2 aliphatic rings. The number of rotatable bonds is 6. The minimum Gasteiger partial charge on any atom is -0.376 e. The molecule has 1 saturated carbocycles. The van der Waals surface area contributed by atoms with Crippen LogP contribution in [0.5, 0.6) is 0 Å². The van der Waals surface area contributed by atoms with Crippen LogP contribution in [0.15, 0.2) is 30.3 Å². The van der Waals surface area contributed by atoms with Crippen molar-refractivity contribution in [2.24, 2.45) is 0 Å². The summed E-state index contributed by atoms with van der Waals surface area (Å²) in [6.07, 6.45) is 6.06. The van der Waals surface area contributed by atoms with E-state index >= 15 is 0 Å². The van der Waals surface area contributed by atoms with Crippen molar-refractivity contribution < 1.29 is 17.9 Å². The molecule has 2 amide bonds. The molecule has 8 heteroatoms. The number of carbonyl (C=O) groups excluding carboxylic acids is 1. The molecule has 0 bridgehead atoms. The van der Waals surface area contributed by atoms with Gasteiger partial charge in [-0.3, -0.25) is 0 Å². The molecule has 3 rings (SSSR count). The van der Waals surface area contributed by atoms with Gasteiger partial charge in [-0.05, 0) is 43.6 Å². The van der Waals surface area contributed by atoms with Crippen LogP contribution in [0.25, 0.3) is 0 Å². The number of nitrogens with one attached hydrogen (secondary N) is 1. The van der Waals surface area contributed by atoms with Crippen molar-refractivity contribution in [3.63, 3.8) is 0 Å². The number of nitrogens with zero attached hydrogens (tertiary/aromatic N) is 2. The molecule has 7 nitrogen and oxygen atoms in total. The van der Waals surface area contributed by atoms with Crippen LogP contribution in [-0.4, -0.2) is 75.9 Å². The standard InChI is InChI=1S/C21H33N3O4S/c1-23(2)21(25)24-14-13-19(22-29(3,26)27)20(24)15-28-18-11-9-17(10-12-18)16-7-5-4-6-8-16/h4-8,17-20,22H,9-15H2,1-3H3. The molecule has 0 spiro atoms. The Morgan fingerprint density at radius 1 is 1.14 bits per heavy atom. The van der Waals surface area contributed by atoms with E-state index in [4.69, 9.17) is 4.74 Å². The van der Waals surface area contributed by atoms with Crippen molar-refractivity contribution in [3.05, 3.63) is 35.9 Å². The van der Waals surface area contributed by atoms with Gasteiger partial charge in [0.05, 0.1) is 25.0 Å². The SMILES string of the molecule is CN(C)C(=O)N1CCC(NS(C)(=O)=O)C1COC1CCC(c2ccccc2)CC1. The predicted octanol–water partition coefficient (Wildman–Crippen LogP) is 2.40. The highest BCUT2D eigenvalue weighted by Crippen LogP contribution is 2.34. The van der Waals surface area contributed by atoms with Gasteiger partial charge in [0.1, 0.15) is 0 Å². The molecular formula is C21H33N3O4S. The summed E-state index contributed by atoms with van der Waals surface area (Å²) in [5, 5.41) is 0. The highest BCUT2D eigenvalue weighted by atomic mass is 32.2. The summed E-state index contributed by atoms with van der Waals surface area (Å²) in [5.74, 6) is 0.578. The Labute approximate surface area is 174 Å². The lowest BCUT2D eigenvalue weighted by atomic mass is 9.83. The maximum atomic E-state index is 12.5. The average molecular weight is 424 g/mol. The Kier molecular flexibility index (Phi) is 7.19. The Morgan fingerprint density at radius 2 is 1.79 bits per heavy atom. The minimum absolute atomic E-state index is 0.107. The maximum Gasteiger partial charge on any atom is 0.319 e. The lowest BCUT2D eigenvalue weighted by molar-refractivity contribution is -0.00207. The molecule has 2 unspecified atom stereocenters. The maximum absolute atomic E-state index is 12.5. The summed E-state index contributed by atoms with van der Waals surface area (Å²) in [5.41, 5.74) is 1.39. The second kappa shape index (κ2) is 9.45. The van der Waals surface area contributed by atoms with E-state index in [-0.39, 0.29) is 24.2 Å². The van der Waals surface area contributed by atoms with Crippen LogP contribution in [0.3, 0.4) is 0 Å². The first-order chi connectivity index (χ1) is 13.7. The number of likely N-dealkylation sites (tertiary alicyclic amines) is 1. The summed E-state index contributed by atoms with van der Waals surface area (Å²) < 4.78 is 32.4. The Bertz CT molecular complexity index is 776. The molecule has 1 saturated heterocycles. The van der Waals surface area contributed by atoms with Crippen LogP contribution in [0, 0.1) is 0 Å². The van der Waals surface area contributed by atoms with Gasteiger partial charge in [-0.2, -0.15) is 0 Å². The van der Waals surface area contributed by atoms with Crippen molar-refractivity contribution in [1.29, 1.82) is 0 Å². The molecule has 29 heavy (non-hydrogen) atoms. The van der Waals surface area contributed by atoms with Crippen molar-refractivity contribution in [1.82, 2.24) is 14.5 Å². The predicted molar refractivity (Wildman–Crippen MR) is 113 cm³/mol. The molecule has 162 valence electrons. The number of hydrogen-bond donors (Lipinski definition) is 1. The number of benzene rings is 1. The van der Waals surface area contributed by atoms with E-state index in [0.717, 1.165) is 31.9 Å². The Morgan fingerprint density at radius 3 is 2.38 bits per heavy atom. The minimum atomic E-state index is -3.35. The zero-order valence-electron chi connectivity index (χ0n) is 17.6. The van der Waals surface area contributed by atoms with Crippen molar-refractivity contribution >= 4 is 16.1 Å². The zero-order chi connectivity index (χ0) is 21.0. The van der Waals surface area contributed by atoms with Gasteiger partial charge in [0, 0.05) is 26.7 Å². The fraction of sp³-hybridized carbons (Fsp3) is 0.667. The van der Waals surface area contributed by atoms with E-state index in [0.29, 0.717) is 25.5 Å². The zero-order valence-corrected chi connectivity index (χ0v) is 18.4. The second-order valence-electron chi connectivity index (χ2n) is 8.44. The van der Waals surface area contributed by atoms with Gasteiger partial charge >= 0.3 is 6.03 Å². The van der Waals surface area contributed by atoms with Crippen molar-refractivity contribution in [2.75, 3.05) is 33.5 Å². The summed E-state index contributed by atoms with van der Waals surface area (Å²) >= 11 is 0. The Balaban J connectivity index is 1.58. The summed E-state index contributed by atoms with van der Waals surface area (Å²) in [7, 11) is 0.0734. The largest absolute Gasteiger partial charge is 0.376 e. The van der Waals surface area contributed by atoms with Gasteiger partial charge in [-0.15, -0.1) is 0 Å². The topological polar surface area (TPSA) is 79.0 Å². The quantitative estimate of drug-likeness (QED) is 0.762. The van der Waals surface area contributed by atoms with Crippen LogP contribution in [0.4, 0.5) is 4.79 Å². The van der Waals surface area contributed by atoms with Gasteiger partial charge in [0.2, 0.25) is 10.0 Å². The van der Waals surface area contributed by atoms with E-state index in [1.54, 1.807) is 19.0 Å². The fourth-order valence-electron chi connectivity index (χ4n) is 4.49. The van der Waals surface area contributed by atoms with Gasteiger partial charge in [-0.25, -0.2) is 17.9 Å². The Hall–Kier alpha value is -1.64. The number of sulfonamides is 1. The summed E-state index contributed by atoms with van der Waals surface area (Å²) in [4.78, 5) is 15.8. The molecule has 1 aliphatic carbocycles. The molecule has 1 aliphatic heterocycles. The fourth-order valence-corrected chi connectivity index (χ4v) is 5.31. The summed E-state index contributed by atoms with van der Waals surface area (Å²) in [6.45, 7) is 0.881. The smallest absolute Gasteiger partial charge is 0.319 e. The van der Waals surface area contributed by atoms with E-state index in [1.165, 1.54) is 10.5 Å². The normalized spacial score (nSPS) is 27.8. The molecule has 1 aromatic carbocycles. The highest BCUT2D eigenvalue weighted by molar-refractivity contribution is 7.88. The van der Waals surface area contributed by atoms with E-state index < -0.39 is 10.0 Å². The first-order valence-corrected chi connectivity index (χ1v) is 12.3. The van der Waals surface area contributed by atoms with Gasteiger partial charge < -0.3 is 14.5 Å². The molecule has 2 atom stereocenters. The van der Waals surface area contributed by atoms with Crippen LogP contribution in [0.1, 0.15) is 43.6 Å². The molecule has 1 heterocycles. The van der Waals surface area contributed by atoms with E-state index in [1.807, 2.05) is 6.07 Å². The van der Waals surface area contributed by atoms with Gasteiger partial charge in [0.15, 0.2) is 0 Å². The summed E-state index contributed by atoms with van der Waals surface area (Å²) in [6, 6.07) is 9.89. The van der Waals surface area contributed by atoms with Crippen LogP contribution < -0.4 is 4.72 Å². The highest BCUT2D eigenvalue weighted by Gasteiger charge is 2.39. The molecular weight excluding hydrogens is 390 g/mol. The second-order valence-corrected chi connectivity index (χ2v) is 10.2. The lowest BCUT2D eigenvalue weighted by Gasteiger charge is -2.33. The monoisotopic (exact) mass is 423 g/mol. The number of hydrogen-bond acceptors (Lipinski definition) is 4. The number of ether oxygens (including phenoxy) is 1. The van der Waals surface area contributed by atoms with Gasteiger partial charge in [-0.1, -0.05) is 30.3 Å². The number of carbonyl (C=O) groups is 1. The molecule has 0 aromatic heterocycles. The van der Waals surface area contributed by atoms with Crippen molar-refractivity contribution in [2.45, 2.75) is 56.2 Å². The van der Waals surface area contributed by atoms with Gasteiger partial charge in [0.25, 0.3) is 0 Å². The third kappa shape index (κ3) is 5.93. The van der Waals surface area contributed by atoms with E-state index in [9.17, 15) is 13.2 Å². The van der Waals surface area contributed by atoms with E-state index in [2.05, 4.69) is 29.0 Å².